The largest absolute Gasteiger partial charge is 0.390 e. The molecule has 1 unspecified atom stereocenters. The maximum Gasteiger partial charge on any atom is 0.312 e. The number of aliphatic hydroxyl groups excluding tert-OH is 1. The number of carbonyl (C=O) groups is 2. The van der Waals surface area contributed by atoms with Crippen LogP contribution in [0.2, 0.25) is 0 Å². The fourth-order valence-electron chi connectivity index (χ4n) is 1.95. The van der Waals surface area contributed by atoms with Gasteiger partial charge in [-0.1, -0.05) is 0 Å². The van der Waals surface area contributed by atoms with E-state index in [2.05, 4.69) is 5.32 Å². The number of β-amino-alcohol motifs (C(OH)–C–C–N with tert-alkyl or cyclic N) is 1. The molecule has 7 heteroatoms. The first kappa shape index (κ1) is 15.9. The van der Waals surface area contributed by atoms with E-state index in [1.54, 1.807) is 7.11 Å². The quantitative estimate of drug-likeness (QED) is 0.406. The smallest absolute Gasteiger partial charge is 0.312 e. The minimum Gasteiger partial charge on any atom is -0.390 e. The number of hydrogen-bond acceptors (Lipinski definition) is 5. The van der Waals surface area contributed by atoms with Crippen LogP contribution in [-0.2, 0) is 14.3 Å². The zero-order valence-electron chi connectivity index (χ0n) is 11.6. The molecule has 0 bridgehead atoms. The van der Waals surface area contributed by atoms with Crippen molar-refractivity contribution >= 4 is 11.8 Å². The van der Waals surface area contributed by atoms with Crippen molar-refractivity contribution in [3.05, 3.63) is 0 Å². The molecule has 1 rings (SSSR count). The van der Waals surface area contributed by atoms with Crippen molar-refractivity contribution in [2.75, 3.05) is 53.0 Å². The second-order valence-corrected chi connectivity index (χ2v) is 4.49. The van der Waals surface area contributed by atoms with E-state index < -0.39 is 17.9 Å². The van der Waals surface area contributed by atoms with Gasteiger partial charge < -0.3 is 25.0 Å². The topological polar surface area (TPSA) is 82.1 Å². The first-order chi connectivity index (χ1) is 9.10. The predicted molar refractivity (Wildman–Crippen MR) is 69.6 cm³/mol. The summed E-state index contributed by atoms with van der Waals surface area (Å²) in [5.74, 6) is -1.00. The Kier molecular flexibility index (Phi) is 6.75. The molecule has 0 spiro atoms. The predicted octanol–water partition coefficient (Wildman–Crippen LogP) is -1.73. The van der Waals surface area contributed by atoms with Crippen molar-refractivity contribution < 1.29 is 19.4 Å². The Bertz CT molecular complexity index is 311. The second kappa shape index (κ2) is 8.08. The molecule has 0 aromatic heterocycles. The average molecular weight is 273 g/mol. The molecule has 0 aromatic rings. The van der Waals surface area contributed by atoms with E-state index in [-0.39, 0.29) is 6.54 Å². The van der Waals surface area contributed by atoms with Crippen molar-refractivity contribution in [2.24, 2.45) is 0 Å². The molecule has 1 aliphatic heterocycles. The molecule has 1 saturated heterocycles. The number of methoxy groups -OCH3 is 1. The first-order valence-electron chi connectivity index (χ1n) is 6.56. The van der Waals surface area contributed by atoms with Crippen molar-refractivity contribution in [2.45, 2.75) is 13.0 Å². The van der Waals surface area contributed by atoms with E-state index in [9.17, 15) is 14.7 Å². The van der Waals surface area contributed by atoms with Crippen LogP contribution in [0, 0.1) is 0 Å². The number of ether oxygens (including phenoxy) is 1. The maximum atomic E-state index is 11.8. The summed E-state index contributed by atoms with van der Waals surface area (Å²) in [5, 5.41) is 12.8. The van der Waals surface area contributed by atoms with Gasteiger partial charge in [-0.05, 0) is 6.92 Å². The number of piperazine rings is 1. The number of nitrogens with one attached hydrogen (secondary N) is 1. The van der Waals surface area contributed by atoms with E-state index in [1.165, 1.54) is 9.80 Å². The van der Waals surface area contributed by atoms with E-state index >= 15 is 0 Å². The zero-order valence-corrected chi connectivity index (χ0v) is 11.6. The number of amides is 2. The lowest BCUT2D eigenvalue weighted by Crippen LogP contribution is -2.56. The van der Waals surface area contributed by atoms with Crippen LogP contribution in [-0.4, -0.2) is 85.8 Å². The van der Waals surface area contributed by atoms with E-state index in [4.69, 9.17) is 4.74 Å². The van der Waals surface area contributed by atoms with Crippen LogP contribution < -0.4 is 5.32 Å². The van der Waals surface area contributed by atoms with Gasteiger partial charge in [0.1, 0.15) is 0 Å². The van der Waals surface area contributed by atoms with E-state index in [1.807, 2.05) is 6.92 Å². The Morgan fingerprint density at radius 1 is 1.32 bits per heavy atom. The molecule has 110 valence electrons. The Morgan fingerprint density at radius 2 is 1.95 bits per heavy atom. The van der Waals surface area contributed by atoms with Crippen LogP contribution in [0.3, 0.4) is 0 Å². The summed E-state index contributed by atoms with van der Waals surface area (Å²) in [5.41, 5.74) is 0. The molecule has 1 aliphatic rings. The molecular formula is C12H23N3O4. The third-order valence-electron chi connectivity index (χ3n) is 3.07. The molecule has 0 saturated carbocycles. The Balaban J connectivity index is 2.32. The van der Waals surface area contributed by atoms with Crippen molar-refractivity contribution in [1.29, 1.82) is 0 Å². The van der Waals surface area contributed by atoms with Crippen molar-refractivity contribution in [3.63, 3.8) is 0 Å². The van der Waals surface area contributed by atoms with Gasteiger partial charge in [-0.2, -0.15) is 0 Å². The minimum atomic E-state index is -0.679. The molecular weight excluding hydrogens is 250 g/mol. The molecule has 2 amide bonds. The standard InChI is InChI=1S/C12H23N3O4/c1-3-14-5-6-15(12(18)11(14)17)9-10(16)8-13-4-7-19-2/h10,13,16H,3-9H2,1-2H3. The summed E-state index contributed by atoms with van der Waals surface area (Å²) in [4.78, 5) is 26.4. The maximum absolute atomic E-state index is 11.8. The number of aliphatic hydroxyl groups is 1. The van der Waals surface area contributed by atoms with Crippen LogP contribution in [0.15, 0.2) is 0 Å². The summed E-state index contributed by atoms with van der Waals surface area (Å²) >= 11 is 0. The van der Waals surface area contributed by atoms with Crippen LogP contribution >= 0.6 is 0 Å². The van der Waals surface area contributed by atoms with Gasteiger partial charge in [-0.15, -0.1) is 0 Å². The van der Waals surface area contributed by atoms with Gasteiger partial charge in [-0.3, -0.25) is 9.59 Å². The first-order valence-corrected chi connectivity index (χ1v) is 6.56. The summed E-state index contributed by atoms with van der Waals surface area (Å²) in [6.07, 6.45) is -0.679. The number of likely N-dealkylation sites (N-methyl/N-ethyl adjacent to an activating group) is 1. The third kappa shape index (κ3) is 4.77. The molecule has 2 N–H and O–H groups in total. The molecule has 0 radical (unpaired) electrons. The van der Waals surface area contributed by atoms with Gasteiger partial charge in [0, 0.05) is 46.4 Å². The van der Waals surface area contributed by atoms with Crippen LogP contribution in [0.4, 0.5) is 0 Å². The lowest BCUT2D eigenvalue weighted by molar-refractivity contribution is -0.156. The highest BCUT2D eigenvalue weighted by Crippen LogP contribution is 2.05. The average Bonchev–Trinajstić information content (AvgIpc) is 2.40. The Labute approximate surface area is 113 Å². The van der Waals surface area contributed by atoms with Gasteiger partial charge in [0.15, 0.2) is 0 Å². The third-order valence-corrected chi connectivity index (χ3v) is 3.07. The van der Waals surface area contributed by atoms with Crippen molar-refractivity contribution in [3.8, 4) is 0 Å². The normalized spacial score (nSPS) is 18.1. The fourth-order valence-corrected chi connectivity index (χ4v) is 1.95. The summed E-state index contributed by atoms with van der Waals surface area (Å²) < 4.78 is 4.87. The Hall–Kier alpha value is -1.18. The molecule has 7 nitrogen and oxygen atoms in total. The Morgan fingerprint density at radius 3 is 2.58 bits per heavy atom. The van der Waals surface area contributed by atoms with Crippen LogP contribution in [0.1, 0.15) is 6.92 Å². The molecule has 1 heterocycles. The zero-order chi connectivity index (χ0) is 14.3. The molecule has 0 aliphatic carbocycles. The van der Waals surface area contributed by atoms with Gasteiger partial charge in [0.25, 0.3) is 0 Å². The number of carbonyl (C=O) groups excluding carboxylic acids is 2. The lowest BCUT2D eigenvalue weighted by atomic mass is 10.2. The molecule has 1 fully saturated rings. The van der Waals surface area contributed by atoms with Crippen LogP contribution in [0.5, 0.6) is 0 Å². The van der Waals surface area contributed by atoms with E-state index in [0.717, 1.165) is 0 Å². The molecule has 19 heavy (non-hydrogen) atoms. The highest BCUT2D eigenvalue weighted by molar-refractivity contribution is 6.35. The monoisotopic (exact) mass is 273 g/mol. The minimum absolute atomic E-state index is 0.183. The number of rotatable bonds is 8. The van der Waals surface area contributed by atoms with Crippen LogP contribution in [0.25, 0.3) is 0 Å². The van der Waals surface area contributed by atoms with Gasteiger partial charge in [-0.25, -0.2) is 0 Å². The highest BCUT2D eigenvalue weighted by atomic mass is 16.5. The fraction of sp³-hybridized carbons (Fsp3) is 0.833. The summed E-state index contributed by atoms with van der Waals surface area (Å²) in [6.45, 7) is 5.16. The second-order valence-electron chi connectivity index (χ2n) is 4.49. The number of nitrogens with zero attached hydrogens (tertiary/aromatic N) is 2. The SMILES string of the molecule is CCN1CCN(CC(O)CNCCOC)C(=O)C1=O. The highest BCUT2D eigenvalue weighted by Gasteiger charge is 2.32. The van der Waals surface area contributed by atoms with Gasteiger partial charge in [0.05, 0.1) is 12.7 Å². The lowest BCUT2D eigenvalue weighted by Gasteiger charge is -2.34. The number of hydrogen-bond donors (Lipinski definition) is 2. The van der Waals surface area contributed by atoms with Gasteiger partial charge >= 0.3 is 11.8 Å². The van der Waals surface area contributed by atoms with Crippen molar-refractivity contribution in [1.82, 2.24) is 15.1 Å². The molecule has 1 atom stereocenters. The molecule has 0 aromatic carbocycles. The van der Waals surface area contributed by atoms with E-state index in [0.29, 0.717) is 39.3 Å². The summed E-state index contributed by atoms with van der Waals surface area (Å²) in [6, 6.07) is 0. The summed E-state index contributed by atoms with van der Waals surface area (Å²) in [7, 11) is 1.61. The van der Waals surface area contributed by atoms with Gasteiger partial charge in [0.2, 0.25) is 0 Å².